The number of nitrogens with one attached hydrogen (secondary N) is 2. The fourth-order valence-corrected chi connectivity index (χ4v) is 3.28. The molecule has 0 unspecified atom stereocenters. The van der Waals surface area contributed by atoms with Gasteiger partial charge in [0.2, 0.25) is 0 Å². The Hall–Kier alpha value is -4.09. The fourth-order valence-electron chi connectivity index (χ4n) is 3.16. The first-order valence-electron chi connectivity index (χ1n) is 10.3. The number of carbonyl (C=O) groups excluding carboxylic acids is 2. The molecular formula is C27H21ClN2O3. The molecule has 164 valence electrons. The molecule has 33 heavy (non-hydrogen) atoms. The zero-order valence-corrected chi connectivity index (χ0v) is 18.4. The number of benzene rings is 3. The molecule has 1 heterocycles. The molecule has 2 N–H and O–H groups in total. The monoisotopic (exact) mass is 456 g/mol. The van der Waals surface area contributed by atoms with Crippen molar-refractivity contribution < 1.29 is 14.0 Å². The lowest BCUT2D eigenvalue weighted by Gasteiger charge is -2.11. The van der Waals surface area contributed by atoms with Crippen LogP contribution in [0.2, 0.25) is 5.02 Å². The molecule has 4 aromatic rings. The van der Waals surface area contributed by atoms with Crippen LogP contribution < -0.4 is 10.6 Å². The van der Waals surface area contributed by atoms with Crippen molar-refractivity contribution >= 4 is 29.5 Å². The van der Waals surface area contributed by atoms with Crippen LogP contribution in [0, 0.1) is 0 Å². The van der Waals surface area contributed by atoms with Crippen LogP contribution in [0.25, 0.3) is 17.4 Å². The van der Waals surface area contributed by atoms with E-state index in [0.29, 0.717) is 28.7 Å². The van der Waals surface area contributed by atoms with Crippen LogP contribution in [0.4, 0.5) is 0 Å². The molecule has 0 radical (unpaired) electrons. The highest BCUT2D eigenvalue weighted by molar-refractivity contribution is 6.30. The third-order valence-corrected chi connectivity index (χ3v) is 5.12. The van der Waals surface area contributed by atoms with Crippen LogP contribution in [0.3, 0.4) is 0 Å². The Morgan fingerprint density at radius 1 is 0.818 bits per heavy atom. The largest absolute Gasteiger partial charge is 0.457 e. The Kier molecular flexibility index (Phi) is 7.03. The summed E-state index contributed by atoms with van der Waals surface area (Å²) in [7, 11) is 0. The molecule has 0 aliphatic carbocycles. The Labute approximate surface area is 196 Å². The van der Waals surface area contributed by atoms with E-state index >= 15 is 0 Å². The van der Waals surface area contributed by atoms with E-state index in [1.165, 1.54) is 6.08 Å². The molecule has 2 amide bonds. The molecule has 0 atom stereocenters. The van der Waals surface area contributed by atoms with Crippen molar-refractivity contribution in [1.29, 1.82) is 0 Å². The summed E-state index contributed by atoms with van der Waals surface area (Å²) < 4.78 is 5.89. The van der Waals surface area contributed by atoms with E-state index in [2.05, 4.69) is 10.6 Å². The van der Waals surface area contributed by atoms with E-state index in [1.54, 1.807) is 48.5 Å². The molecule has 1 aromatic heterocycles. The summed E-state index contributed by atoms with van der Waals surface area (Å²) in [6, 6.07) is 29.0. The smallest absolute Gasteiger partial charge is 0.268 e. The quantitative estimate of drug-likeness (QED) is 0.351. The van der Waals surface area contributed by atoms with Crippen LogP contribution >= 0.6 is 11.6 Å². The molecule has 0 saturated carbocycles. The number of halogens is 1. The minimum atomic E-state index is -0.424. The predicted molar refractivity (Wildman–Crippen MR) is 129 cm³/mol. The van der Waals surface area contributed by atoms with Gasteiger partial charge in [0.15, 0.2) is 0 Å². The van der Waals surface area contributed by atoms with Crippen molar-refractivity contribution in [2.75, 3.05) is 0 Å². The van der Waals surface area contributed by atoms with Gasteiger partial charge in [-0.05, 0) is 54.1 Å². The second-order valence-electron chi connectivity index (χ2n) is 7.26. The fraction of sp³-hybridized carbons (Fsp3) is 0.0370. The highest BCUT2D eigenvalue weighted by Gasteiger charge is 2.16. The molecule has 0 saturated heterocycles. The van der Waals surface area contributed by atoms with E-state index < -0.39 is 5.91 Å². The zero-order chi connectivity index (χ0) is 23.0. The lowest BCUT2D eigenvalue weighted by Crippen LogP contribution is -2.34. The first kappa shape index (κ1) is 22.1. The van der Waals surface area contributed by atoms with E-state index in [4.69, 9.17) is 16.0 Å². The molecule has 0 fully saturated rings. The Bertz CT molecular complexity index is 1260. The predicted octanol–water partition coefficient (Wildman–Crippen LogP) is 5.69. The van der Waals surface area contributed by atoms with Crippen LogP contribution in [-0.4, -0.2) is 11.8 Å². The number of hydrogen-bond donors (Lipinski definition) is 2. The van der Waals surface area contributed by atoms with Crippen molar-refractivity contribution in [3.8, 4) is 11.3 Å². The van der Waals surface area contributed by atoms with Crippen LogP contribution in [0.5, 0.6) is 0 Å². The van der Waals surface area contributed by atoms with Gasteiger partial charge in [-0.3, -0.25) is 9.59 Å². The SMILES string of the molecule is O=C(NCc1ccccc1)/C(=C\c1ccc(-c2ccc(Cl)cc2)o1)NC(=O)c1ccccc1. The number of carbonyl (C=O) groups is 2. The number of rotatable bonds is 7. The van der Waals surface area contributed by atoms with E-state index in [-0.39, 0.29) is 11.6 Å². The zero-order valence-electron chi connectivity index (χ0n) is 17.6. The Balaban J connectivity index is 1.57. The summed E-state index contributed by atoms with van der Waals surface area (Å²) in [5, 5.41) is 6.18. The second-order valence-corrected chi connectivity index (χ2v) is 7.69. The first-order chi connectivity index (χ1) is 16.1. The van der Waals surface area contributed by atoms with Gasteiger partial charge in [-0.25, -0.2) is 0 Å². The van der Waals surface area contributed by atoms with Gasteiger partial charge in [0.05, 0.1) is 0 Å². The van der Waals surface area contributed by atoms with Crippen molar-refractivity contribution in [3.05, 3.63) is 125 Å². The molecular weight excluding hydrogens is 436 g/mol. The van der Waals surface area contributed by atoms with Crippen molar-refractivity contribution in [3.63, 3.8) is 0 Å². The highest BCUT2D eigenvalue weighted by Crippen LogP contribution is 2.24. The van der Waals surface area contributed by atoms with Crippen LogP contribution in [-0.2, 0) is 11.3 Å². The van der Waals surface area contributed by atoms with E-state index in [9.17, 15) is 9.59 Å². The van der Waals surface area contributed by atoms with Gasteiger partial charge in [0, 0.05) is 28.8 Å². The summed E-state index contributed by atoms with van der Waals surface area (Å²) in [5.74, 6) is 0.239. The molecule has 0 aliphatic rings. The van der Waals surface area contributed by atoms with E-state index in [0.717, 1.165) is 11.1 Å². The van der Waals surface area contributed by atoms with Crippen LogP contribution in [0.15, 0.2) is 107 Å². The standard InChI is InChI=1S/C27H21ClN2O3/c28-22-13-11-20(12-14-22)25-16-15-23(33-25)17-24(30-26(31)21-9-5-2-6-10-21)27(32)29-18-19-7-3-1-4-8-19/h1-17H,18H2,(H,29,32)(H,30,31)/b24-17+. The lowest BCUT2D eigenvalue weighted by molar-refractivity contribution is -0.117. The van der Waals surface area contributed by atoms with Crippen LogP contribution in [0.1, 0.15) is 21.7 Å². The Morgan fingerprint density at radius 2 is 1.48 bits per heavy atom. The second kappa shape index (κ2) is 10.5. The molecule has 0 spiro atoms. The number of furan rings is 1. The molecule has 5 nitrogen and oxygen atoms in total. The molecule has 3 aromatic carbocycles. The van der Waals surface area contributed by atoms with Crippen molar-refractivity contribution in [1.82, 2.24) is 10.6 Å². The van der Waals surface area contributed by atoms with Crippen molar-refractivity contribution in [2.24, 2.45) is 0 Å². The molecule has 6 heteroatoms. The van der Waals surface area contributed by atoms with Gasteiger partial charge < -0.3 is 15.1 Å². The maximum Gasteiger partial charge on any atom is 0.268 e. The number of hydrogen-bond acceptors (Lipinski definition) is 3. The van der Waals surface area contributed by atoms with Crippen molar-refractivity contribution in [2.45, 2.75) is 6.54 Å². The number of amides is 2. The third kappa shape index (κ3) is 5.99. The molecule has 0 aliphatic heterocycles. The molecule has 0 bridgehead atoms. The average Bonchev–Trinajstić information content (AvgIpc) is 3.32. The van der Waals surface area contributed by atoms with Gasteiger partial charge in [0.25, 0.3) is 11.8 Å². The van der Waals surface area contributed by atoms with Gasteiger partial charge in [-0.2, -0.15) is 0 Å². The Morgan fingerprint density at radius 3 is 2.18 bits per heavy atom. The topological polar surface area (TPSA) is 71.3 Å². The van der Waals surface area contributed by atoms with E-state index in [1.807, 2.05) is 48.5 Å². The van der Waals surface area contributed by atoms with Gasteiger partial charge in [0.1, 0.15) is 17.2 Å². The minimum absolute atomic E-state index is 0.0804. The summed E-state index contributed by atoms with van der Waals surface area (Å²) in [4.78, 5) is 25.7. The first-order valence-corrected chi connectivity index (χ1v) is 10.7. The summed E-state index contributed by atoms with van der Waals surface area (Å²) in [6.07, 6.45) is 1.51. The normalized spacial score (nSPS) is 11.1. The van der Waals surface area contributed by atoms with Gasteiger partial charge in [-0.1, -0.05) is 60.1 Å². The average molecular weight is 457 g/mol. The summed E-state index contributed by atoms with van der Waals surface area (Å²) in [5.41, 5.74) is 2.32. The van der Waals surface area contributed by atoms with Gasteiger partial charge >= 0.3 is 0 Å². The van der Waals surface area contributed by atoms with Gasteiger partial charge in [-0.15, -0.1) is 0 Å². The maximum absolute atomic E-state index is 13.0. The molecule has 4 rings (SSSR count). The third-order valence-electron chi connectivity index (χ3n) is 4.87. The lowest BCUT2D eigenvalue weighted by atomic mass is 10.2. The summed E-state index contributed by atoms with van der Waals surface area (Å²) in [6.45, 7) is 0.326. The maximum atomic E-state index is 13.0. The summed E-state index contributed by atoms with van der Waals surface area (Å²) >= 11 is 5.96. The highest BCUT2D eigenvalue weighted by atomic mass is 35.5. The minimum Gasteiger partial charge on any atom is -0.457 e.